The number of rotatable bonds is 19. The number of aryl methyl sites for hydroxylation is 1. The summed E-state index contributed by atoms with van der Waals surface area (Å²) >= 11 is 0. The zero-order chi connectivity index (χ0) is 28.5. The number of carbonyl (C=O) groups excluding carboxylic acids is 2. The number of aliphatic hydroxyl groups excluding tert-OH is 2. The molecule has 5 atom stereocenters. The van der Waals surface area contributed by atoms with Gasteiger partial charge in [-0.3, -0.25) is 4.79 Å². The van der Waals surface area contributed by atoms with Gasteiger partial charge in [0.15, 0.2) is 0 Å². The third kappa shape index (κ3) is 13.4. The van der Waals surface area contributed by atoms with E-state index >= 15 is 0 Å². The van der Waals surface area contributed by atoms with Gasteiger partial charge in [0, 0.05) is 6.42 Å². The van der Waals surface area contributed by atoms with Crippen molar-refractivity contribution in [2.45, 2.75) is 88.9 Å². The van der Waals surface area contributed by atoms with E-state index in [0.29, 0.717) is 64.2 Å². The first-order chi connectivity index (χ1) is 18.8. The maximum absolute atomic E-state index is 12.3. The van der Waals surface area contributed by atoms with Crippen molar-refractivity contribution < 1.29 is 39.2 Å². The molecule has 4 N–H and O–H groups in total. The number of benzene rings is 1. The molecule has 11 heteroatoms. The van der Waals surface area contributed by atoms with E-state index in [1.54, 1.807) is 0 Å². The largest absolute Gasteiger partial charge is 0.508 e. The molecule has 1 fully saturated rings. The lowest BCUT2D eigenvalue weighted by atomic mass is 9.85. The second-order valence-corrected chi connectivity index (χ2v) is 9.97. The number of allylic oxidation sites excluding steroid dienone is 2. The Morgan fingerprint density at radius 3 is 2.49 bits per heavy atom. The van der Waals surface area contributed by atoms with Gasteiger partial charge in [0.05, 0.1) is 25.4 Å². The Morgan fingerprint density at radius 2 is 1.77 bits per heavy atom. The molecule has 1 saturated carbocycles. The van der Waals surface area contributed by atoms with E-state index in [1.807, 2.05) is 42.5 Å². The second kappa shape index (κ2) is 18.2. The van der Waals surface area contributed by atoms with Gasteiger partial charge in [-0.25, -0.2) is 4.79 Å². The molecule has 1 aromatic rings. The predicted molar refractivity (Wildman–Crippen MR) is 143 cm³/mol. The minimum absolute atomic E-state index is 0.0622. The molecule has 1 aliphatic rings. The second-order valence-electron chi connectivity index (χ2n) is 9.97. The number of hydrogen-bond donors (Lipinski definition) is 3. The van der Waals surface area contributed by atoms with Gasteiger partial charge in [-0.05, 0) is 81.6 Å². The third-order valence-electron chi connectivity index (χ3n) is 7.03. The lowest BCUT2D eigenvalue weighted by Gasteiger charge is -2.25. The van der Waals surface area contributed by atoms with Crippen molar-refractivity contribution >= 4 is 12.1 Å². The summed E-state index contributed by atoms with van der Waals surface area (Å²) in [5.74, 6) is -0.584. The summed E-state index contributed by atoms with van der Waals surface area (Å²) in [6.45, 7) is -0.00288. The summed E-state index contributed by atoms with van der Waals surface area (Å²) < 4.78 is 10.8. The lowest BCUT2D eigenvalue weighted by molar-refractivity contribution is -0.757. The average molecular weight is 551 g/mol. The van der Waals surface area contributed by atoms with Crippen molar-refractivity contribution in [2.24, 2.45) is 17.6 Å². The van der Waals surface area contributed by atoms with E-state index < -0.39 is 29.6 Å². The number of ether oxygens (including phenoxy) is 2. The average Bonchev–Trinajstić information content (AvgIpc) is 3.16. The monoisotopic (exact) mass is 550 g/mol. The van der Waals surface area contributed by atoms with Crippen LogP contribution in [0.15, 0.2) is 42.5 Å². The number of aliphatic hydroxyl groups is 2. The van der Waals surface area contributed by atoms with Crippen LogP contribution in [0.1, 0.15) is 69.8 Å². The summed E-state index contributed by atoms with van der Waals surface area (Å²) in [4.78, 5) is 37.6. The van der Waals surface area contributed by atoms with Crippen molar-refractivity contribution in [1.29, 1.82) is 0 Å². The van der Waals surface area contributed by atoms with Crippen LogP contribution >= 0.6 is 0 Å². The van der Waals surface area contributed by atoms with Crippen molar-refractivity contribution in [3.05, 3.63) is 58.2 Å². The molecule has 0 heterocycles. The Labute approximate surface area is 229 Å². The van der Waals surface area contributed by atoms with Gasteiger partial charge < -0.3 is 30.3 Å². The zero-order valence-electron chi connectivity index (χ0n) is 22.4. The molecular weight excluding hydrogens is 508 g/mol. The van der Waals surface area contributed by atoms with Gasteiger partial charge in [0.1, 0.15) is 6.10 Å². The molecule has 0 radical (unpaired) electrons. The molecule has 1 amide bonds. The summed E-state index contributed by atoms with van der Waals surface area (Å²) in [6.07, 6.45) is 7.23. The minimum atomic E-state index is -0.861. The number of primary amides is 1. The first kappa shape index (κ1) is 32.0. The Kier molecular flexibility index (Phi) is 14.9. The molecule has 0 aliphatic heterocycles. The van der Waals surface area contributed by atoms with Crippen LogP contribution in [0.3, 0.4) is 0 Å². The number of carbonyl (C=O) groups is 2. The normalized spacial score (nSPS) is 21.5. The Bertz CT molecular complexity index is 896. The molecule has 218 valence electrons. The van der Waals surface area contributed by atoms with Gasteiger partial charge in [-0.2, -0.15) is 0 Å². The van der Waals surface area contributed by atoms with Crippen LogP contribution in [0.2, 0.25) is 0 Å². The van der Waals surface area contributed by atoms with Crippen molar-refractivity contribution in [2.75, 3.05) is 13.2 Å². The van der Waals surface area contributed by atoms with Gasteiger partial charge >= 0.3 is 6.16 Å². The molecule has 1 aliphatic carbocycles. The molecule has 0 unspecified atom stereocenters. The van der Waals surface area contributed by atoms with Crippen LogP contribution in [0.25, 0.3) is 0 Å². The van der Waals surface area contributed by atoms with Gasteiger partial charge in [0.25, 0.3) is 5.09 Å². The highest BCUT2D eigenvalue weighted by atomic mass is 16.9. The molecule has 39 heavy (non-hydrogen) atoms. The quantitative estimate of drug-likeness (QED) is 0.0760. The van der Waals surface area contributed by atoms with E-state index in [2.05, 4.69) is 4.84 Å². The van der Waals surface area contributed by atoms with Crippen molar-refractivity contribution in [1.82, 2.24) is 0 Å². The predicted octanol–water partition coefficient (Wildman–Crippen LogP) is 3.87. The Morgan fingerprint density at radius 1 is 1.05 bits per heavy atom. The van der Waals surface area contributed by atoms with E-state index in [9.17, 15) is 29.9 Å². The van der Waals surface area contributed by atoms with Gasteiger partial charge in [0.2, 0.25) is 5.91 Å². The van der Waals surface area contributed by atoms with E-state index in [0.717, 1.165) is 12.0 Å². The Balaban J connectivity index is 1.88. The topological polar surface area (TPSA) is 171 Å². The lowest BCUT2D eigenvalue weighted by Crippen LogP contribution is -2.26. The molecule has 0 bridgehead atoms. The van der Waals surface area contributed by atoms with Crippen LogP contribution in [-0.2, 0) is 25.5 Å². The maximum Gasteiger partial charge on any atom is 0.508 e. The molecule has 0 spiro atoms. The number of nitrogens with two attached hydrogens (primary N) is 1. The standard InChI is InChI=1S/C28H42N2O9/c29-27(33)13-7-2-1-6-12-23-24(26(32)20-25(23)31)17-16-22(15-14-21-10-4-3-5-11-21)39-28(34)37-18-8-9-19-38-30(35)36/h1,3-6,10-11,22-26,31-32H,2,7-9,12-20H2,(H2,29,33)/b6-1-/t22-,23+,24+,25-,26+/m0/s1. The molecule has 0 saturated heterocycles. The fraction of sp³-hybridized carbons (Fsp3) is 0.643. The molecule has 2 rings (SSSR count). The van der Waals surface area contributed by atoms with E-state index in [1.165, 1.54) is 0 Å². The van der Waals surface area contributed by atoms with Crippen LogP contribution in [0.4, 0.5) is 4.79 Å². The first-order valence-electron chi connectivity index (χ1n) is 13.7. The highest BCUT2D eigenvalue weighted by Gasteiger charge is 2.40. The summed E-state index contributed by atoms with van der Waals surface area (Å²) in [6, 6.07) is 9.84. The Hall–Kier alpha value is -3.18. The number of nitrogens with zero attached hydrogens (tertiary/aromatic N) is 1. The fourth-order valence-corrected chi connectivity index (χ4v) is 4.95. The zero-order valence-corrected chi connectivity index (χ0v) is 22.4. The molecule has 11 nitrogen and oxygen atoms in total. The van der Waals surface area contributed by atoms with Crippen LogP contribution in [0, 0.1) is 22.0 Å². The van der Waals surface area contributed by atoms with Crippen LogP contribution in [0.5, 0.6) is 0 Å². The van der Waals surface area contributed by atoms with Crippen molar-refractivity contribution in [3.8, 4) is 0 Å². The fourth-order valence-electron chi connectivity index (χ4n) is 4.95. The summed E-state index contributed by atoms with van der Waals surface area (Å²) in [5, 5.41) is 30.5. The highest BCUT2D eigenvalue weighted by Crippen LogP contribution is 2.38. The van der Waals surface area contributed by atoms with Crippen LogP contribution < -0.4 is 5.73 Å². The van der Waals surface area contributed by atoms with E-state index in [-0.39, 0.29) is 31.0 Å². The van der Waals surface area contributed by atoms with E-state index in [4.69, 9.17) is 15.2 Å². The molecule has 1 aromatic carbocycles. The first-order valence-corrected chi connectivity index (χ1v) is 13.7. The third-order valence-corrected chi connectivity index (χ3v) is 7.03. The minimum Gasteiger partial charge on any atom is -0.434 e. The van der Waals surface area contributed by atoms with Gasteiger partial charge in [-0.15, -0.1) is 10.1 Å². The number of hydrogen-bond acceptors (Lipinski definition) is 9. The van der Waals surface area contributed by atoms with Gasteiger partial charge in [-0.1, -0.05) is 42.5 Å². The van der Waals surface area contributed by atoms with Crippen LogP contribution in [-0.4, -0.2) is 58.9 Å². The number of amides is 1. The smallest absolute Gasteiger partial charge is 0.434 e. The van der Waals surface area contributed by atoms with Crippen molar-refractivity contribution in [3.63, 3.8) is 0 Å². The maximum atomic E-state index is 12.3. The highest BCUT2D eigenvalue weighted by molar-refractivity contribution is 5.73. The molecular formula is C28H42N2O9. The summed E-state index contributed by atoms with van der Waals surface area (Å²) in [7, 11) is 0. The number of unbranched alkanes of at least 4 members (excludes halogenated alkanes) is 2. The molecule has 0 aromatic heterocycles. The SMILES string of the molecule is NC(=O)CCC/C=C\C[C@@H]1[C@@H](CC[C@H](CCc2ccccc2)OC(=O)OCCCCO[N+](=O)[O-])[C@H](O)C[C@@H]1O. The summed E-state index contributed by atoms with van der Waals surface area (Å²) in [5.41, 5.74) is 6.28.